The Hall–Kier alpha value is -7.26. The summed E-state index contributed by atoms with van der Waals surface area (Å²) in [4.78, 5) is 82.1. The maximum atomic E-state index is 13.7. The van der Waals surface area contributed by atoms with Crippen molar-refractivity contribution < 1.29 is 38.2 Å². The van der Waals surface area contributed by atoms with Crippen LogP contribution in [0.3, 0.4) is 0 Å². The first-order valence-corrected chi connectivity index (χ1v) is 17.5. The fourth-order valence-electron chi connectivity index (χ4n) is 6.24. The number of ketones is 2. The van der Waals surface area contributed by atoms with Gasteiger partial charge in [0.1, 0.15) is 0 Å². The van der Waals surface area contributed by atoms with Crippen LogP contribution in [0.15, 0.2) is 152 Å². The predicted octanol–water partition coefficient (Wildman–Crippen LogP) is 8.67. The number of Topliss-reactive ketones (excluding diaryl/α,β-unsaturated/α-hetero) is 2. The molecule has 0 bridgehead atoms. The number of hydrogen-bond donors (Lipinski definition) is 0. The van der Waals surface area contributed by atoms with Crippen LogP contribution in [0.2, 0.25) is 0 Å². The molecule has 55 heavy (non-hydrogen) atoms. The molecule has 0 fully saturated rings. The summed E-state index contributed by atoms with van der Waals surface area (Å²) < 4.78 is 11.5. The van der Waals surface area contributed by atoms with Gasteiger partial charge in [-0.2, -0.15) is 0 Å². The largest absolute Gasteiger partial charge is 0.445 e. The number of amides is 2. The maximum absolute atomic E-state index is 13.7. The Morgan fingerprint density at radius 2 is 0.855 bits per heavy atom. The smallest absolute Gasteiger partial charge is 0.339 e. The lowest BCUT2D eigenvalue weighted by atomic mass is 9.99. The summed E-state index contributed by atoms with van der Waals surface area (Å²) in [6, 6.07) is 40.9. The highest BCUT2D eigenvalue weighted by Crippen LogP contribution is 2.32. The first-order valence-electron chi connectivity index (χ1n) is 17.5. The highest BCUT2D eigenvalue weighted by atomic mass is 16.6. The molecule has 6 aromatic carbocycles. The van der Waals surface area contributed by atoms with Crippen molar-refractivity contribution in [3.8, 4) is 0 Å². The number of imide groups is 1. The number of rotatable bonds is 11. The summed E-state index contributed by atoms with van der Waals surface area (Å²) in [5.41, 5.74) is 3.96. The second-order valence-corrected chi connectivity index (χ2v) is 13.1. The van der Waals surface area contributed by atoms with Crippen LogP contribution in [0.5, 0.6) is 0 Å². The second-order valence-electron chi connectivity index (χ2n) is 13.1. The average molecular weight is 728 g/mol. The topological polar surface area (TPSA) is 124 Å². The summed E-state index contributed by atoms with van der Waals surface area (Å²) in [7, 11) is 0. The van der Waals surface area contributed by atoms with Gasteiger partial charge in [-0.15, -0.1) is 0 Å². The van der Waals surface area contributed by atoms with Gasteiger partial charge in [0.2, 0.25) is 11.6 Å². The number of aryl methyl sites for hydroxylation is 2. The molecule has 0 unspecified atom stereocenters. The number of nitrogens with zero attached hydrogens (tertiary/aromatic N) is 1. The van der Waals surface area contributed by atoms with Gasteiger partial charge in [-0.1, -0.05) is 120 Å². The Kier molecular flexibility index (Phi) is 10.1. The van der Waals surface area contributed by atoms with E-state index < -0.39 is 41.7 Å². The van der Waals surface area contributed by atoms with Crippen LogP contribution in [0.1, 0.15) is 96.6 Å². The first kappa shape index (κ1) is 36.1. The number of carbonyl (C=O) groups is 6. The van der Waals surface area contributed by atoms with E-state index in [1.165, 1.54) is 42.5 Å². The summed E-state index contributed by atoms with van der Waals surface area (Å²) in [5.74, 6) is -3.75. The minimum Gasteiger partial charge on any atom is -0.445 e. The minimum absolute atomic E-state index is 0.0226. The fraction of sp³-hybridized carbons (Fsp3) is 0.0870. The van der Waals surface area contributed by atoms with Gasteiger partial charge in [-0.25, -0.2) is 14.5 Å². The zero-order valence-corrected chi connectivity index (χ0v) is 29.8. The lowest BCUT2D eigenvalue weighted by molar-refractivity contribution is 0.0278. The standard InChI is InChI=1S/C46H33NO8/c1-28-13-17-30(18-14-28)39(48)41(32-9-5-3-6-10-32)54-45(52)34-21-24-36(25-22-34)47-43(50)37-26-23-35(27-38(37)44(47)51)46(53)55-42(33-11-7-4-8-12-33)40(49)31-19-15-29(2)16-20-31/h3-27,41-42H,1-2H3/t41-,42-/m0/s1. The Labute approximate surface area is 316 Å². The van der Waals surface area contributed by atoms with Crippen LogP contribution in [-0.4, -0.2) is 35.3 Å². The quantitative estimate of drug-likeness (QED) is 0.0738. The minimum atomic E-state index is -1.26. The molecule has 6 aromatic rings. The zero-order chi connectivity index (χ0) is 38.6. The van der Waals surface area contributed by atoms with E-state index in [2.05, 4.69) is 0 Å². The summed E-state index contributed by atoms with van der Waals surface area (Å²) in [5, 5.41) is 0. The molecule has 0 saturated heterocycles. The van der Waals surface area contributed by atoms with E-state index in [4.69, 9.17) is 9.47 Å². The van der Waals surface area contributed by atoms with E-state index in [0.717, 1.165) is 16.0 Å². The maximum Gasteiger partial charge on any atom is 0.339 e. The fourth-order valence-corrected chi connectivity index (χ4v) is 6.24. The first-order chi connectivity index (χ1) is 26.6. The van der Waals surface area contributed by atoms with Crippen LogP contribution >= 0.6 is 0 Å². The van der Waals surface area contributed by atoms with Gasteiger partial charge in [0.15, 0.2) is 12.2 Å². The average Bonchev–Trinajstić information content (AvgIpc) is 3.47. The molecule has 0 aromatic heterocycles. The van der Waals surface area contributed by atoms with Gasteiger partial charge < -0.3 is 9.47 Å². The van der Waals surface area contributed by atoms with Crippen LogP contribution in [-0.2, 0) is 9.47 Å². The van der Waals surface area contributed by atoms with Crippen molar-refractivity contribution in [1.29, 1.82) is 0 Å². The van der Waals surface area contributed by atoms with Crippen molar-refractivity contribution in [2.24, 2.45) is 0 Å². The van der Waals surface area contributed by atoms with Crippen molar-refractivity contribution in [1.82, 2.24) is 0 Å². The molecular weight excluding hydrogens is 695 g/mol. The van der Waals surface area contributed by atoms with E-state index in [-0.39, 0.29) is 33.7 Å². The number of benzene rings is 6. The predicted molar refractivity (Wildman–Crippen MR) is 204 cm³/mol. The number of carbonyl (C=O) groups excluding carboxylic acids is 6. The summed E-state index contributed by atoms with van der Waals surface area (Å²) in [6.07, 6.45) is -2.47. The number of hydrogen-bond acceptors (Lipinski definition) is 8. The van der Waals surface area contributed by atoms with Gasteiger partial charge in [-0.3, -0.25) is 19.2 Å². The van der Waals surface area contributed by atoms with Crippen LogP contribution in [0, 0.1) is 13.8 Å². The second kappa shape index (κ2) is 15.4. The lowest BCUT2D eigenvalue weighted by Crippen LogP contribution is -2.29. The third kappa shape index (κ3) is 7.49. The van der Waals surface area contributed by atoms with Crippen molar-refractivity contribution in [2.75, 3.05) is 4.90 Å². The number of fused-ring (bicyclic) bond motifs is 1. The van der Waals surface area contributed by atoms with Crippen LogP contribution < -0.4 is 4.90 Å². The molecule has 0 saturated carbocycles. The number of ether oxygens (including phenoxy) is 2. The molecule has 0 aliphatic carbocycles. The SMILES string of the molecule is Cc1ccc(C(=O)[C@@H](OC(=O)c2ccc(N3C(=O)c4ccc(C(=O)O[C@H](C(=O)c5ccc(C)cc5)c5ccccc5)cc4C3=O)cc2)c2ccccc2)cc1. The molecule has 0 N–H and O–H groups in total. The number of anilines is 1. The molecule has 7 rings (SSSR count). The Balaban J connectivity index is 1.08. The van der Waals surface area contributed by atoms with E-state index in [1.54, 1.807) is 109 Å². The van der Waals surface area contributed by atoms with Gasteiger partial charge in [0.25, 0.3) is 11.8 Å². The number of esters is 2. The molecule has 1 aliphatic heterocycles. The van der Waals surface area contributed by atoms with Gasteiger partial charge in [0, 0.05) is 22.3 Å². The zero-order valence-electron chi connectivity index (χ0n) is 29.8. The molecule has 1 aliphatic rings. The molecule has 9 heteroatoms. The third-order valence-electron chi connectivity index (χ3n) is 9.29. The van der Waals surface area contributed by atoms with Gasteiger partial charge in [0.05, 0.1) is 27.9 Å². The molecule has 9 nitrogen and oxygen atoms in total. The lowest BCUT2D eigenvalue weighted by Gasteiger charge is -2.18. The Bertz CT molecular complexity index is 2440. The molecule has 2 amide bonds. The highest BCUT2D eigenvalue weighted by molar-refractivity contribution is 6.34. The molecule has 0 radical (unpaired) electrons. The van der Waals surface area contributed by atoms with Gasteiger partial charge in [-0.05, 0) is 56.3 Å². The van der Waals surface area contributed by atoms with Crippen LogP contribution in [0.25, 0.3) is 0 Å². The van der Waals surface area contributed by atoms with Crippen molar-refractivity contribution in [3.63, 3.8) is 0 Å². The summed E-state index contributed by atoms with van der Waals surface area (Å²) >= 11 is 0. The Morgan fingerprint density at radius 1 is 0.455 bits per heavy atom. The van der Waals surface area contributed by atoms with Gasteiger partial charge >= 0.3 is 11.9 Å². The van der Waals surface area contributed by atoms with Crippen molar-refractivity contribution >= 4 is 41.0 Å². The molecule has 0 spiro atoms. The van der Waals surface area contributed by atoms with E-state index >= 15 is 0 Å². The van der Waals surface area contributed by atoms with Crippen LogP contribution in [0.4, 0.5) is 5.69 Å². The normalized spacial score (nSPS) is 13.1. The molecule has 1 heterocycles. The summed E-state index contributed by atoms with van der Waals surface area (Å²) in [6.45, 7) is 3.80. The van der Waals surface area contributed by atoms with E-state index in [9.17, 15) is 28.8 Å². The molecular formula is C46H33NO8. The monoisotopic (exact) mass is 727 g/mol. The Morgan fingerprint density at radius 3 is 1.33 bits per heavy atom. The van der Waals surface area contributed by atoms with E-state index in [0.29, 0.717) is 22.3 Å². The van der Waals surface area contributed by atoms with Crippen molar-refractivity contribution in [2.45, 2.75) is 26.1 Å². The van der Waals surface area contributed by atoms with Crippen molar-refractivity contribution in [3.05, 3.63) is 207 Å². The van der Waals surface area contributed by atoms with E-state index in [1.807, 2.05) is 13.8 Å². The molecule has 2 atom stereocenters. The highest BCUT2D eigenvalue weighted by Gasteiger charge is 2.38. The third-order valence-corrected chi connectivity index (χ3v) is 9.29. The molecule has 270 valence electrons.